The van der Waals surface area contributed by atoms with Crippen molar-refractivity contribution in [2.24, 2.45) is 4.99 Å². The van der Waals surface area contributed by atoms with Gasteiger partial charge in [-0.2, -0.15) is 0 Å². The number of rotatable bonds is 7. The zero-order chi connectivity index (χ0) is 26.6. The van der Waals surface area contributed by atoms with Gasteiger partial charge in [-0.3, -0.25) is 4.79 Å². The van der Waals surface area contributed by atoms with E-state index in [9.17, 15) is 4.79 Å². The maximum atomic E-state index is 12.7. The van der Waals surface area contributed by atoms with Gasteiger partial charge in [-0.15, -0.1) is 0 Å². The first-order valence-electron chi connectivity index (χ1n) is 12.4. The zero-order valence-electron chi connectivity index (χ0n) is 21.5. The van der Waals surface area contributed by atoms with Crippen LogP contribution in [0.25, 0.3) is 11.8 Å². The van der Waals surface area contributed by atoms with Crippen LogP contribution < -0.4 is 10.1 Å². The van der Waals surface area contributed by atoms with Crippen LogP contribution in [0.2, 0.25) is 0 Å². The molecule has 1 fully saturated rings. The number of amidine groups is 1. The summed E-state index contributed by atoms with van der Waals surface area (Å²) in [7, 11) is 0. The summed E-state index contributed by atoms with van der Waals surface area (Å²) < 4.78 is 9.20. The van der Waals surface area contributed by atoms with E-state index in [1.165, 1.54) is 17.3 Å². The Kier molecular flexibility index (Phi) is 7.86. The highest BCUT2D eigenvalue weighted by molar-refractivity contribution is 9.10. The minimum absolute atomic E-state index is 0.129. The summed E-state index contributed by atoms with van der Waals surface area (Å²) in [5, 5.41) is 3.48. The van der Waals surface area contributed by atoms with Crippen LogP contribution in [0, 0.1) is 13.8 Å². The van der Waals surface area contributed by atoms with Crippen molar-refractivity contribution in [1.29, 1.82) is 0 Å². The number of hydrogen-bond acceptors (Lipinski definition) is 4. The molecule has 0 bridgehead atoms. The number of aryl methyl sites for hydroxylation is 2. The van der Waals surface area contributed by atoms with Crippen LogP contribution in [0.5, 0.6) is 5.75 Å². The average Bonchev–Trinajstić information content (AvgIpc) is 3.41. The number of carbonyl (C=O) groups is 1. The van der Waals surface area contributed by atoms with Gasteiger partial charge in [-0.1, -0.05) is 47.1 Å². The molecule has 1 N–H and O–H groups in total. The van der Waals surface area contributed by atoms with E-state index >= 15 is 0 Å². The Morgan fingerprint density at radius 2 is 1.66 bits per heavy atom. The largest absolute Gasteiger partial charge is 0.489 e. The number of aliphatic imine (C=N–C) groups is 1. The highest BCUT2D eigenvalue weighted by atomic mass is 79.9. The van der Waals surface area contributed by atoms with E-state index in [1.807, 2.05) is 54.6 Å². The maximum absolute atomic E-state index is 12.7. The fourth-order valence-corrected chi connectivity index (χ4v) is 5.41. The number of thioether (sulfide) groups is 1. The lowest BCUT2D eigenvalue weighted by atomic mass is 10.2. The molecule has 0 saturated carbocycles. The maximum Gasteiger partial charge on any atom is 0.264 e. The van der Waals surface area contributed by atoms with Gasteiger partial charge in [-0.25, -0.2) is 4.99 Å². The number of benzene rings is 3. The Balaban J connectivity index is 1.30. The highest BCUT2D eigenvalue weighted by Gasteiger charge is 2.24. The molecule has 7 heteroatoms. The minimum Gasteiger partial charge on any atom is -0.489 e. The molecule has 192 valence electrons. The predicted molar refractivity (Wildman–Crippen MR) is 160 cm³/mol. The molecular formula is C31H28BrN3O2S. The number of carbonyl (C=O) groups excluding carboxylic acids is 1. The lowest BCUT2D eigenvalue weighted by molar-refractivity contribution is -0.115. The van der Waals surface area contributed by atoms with Crippen molar-refractivity contribution in [3.8, 4) is 11.4 Å². The monoisotopic (exact) mass is 585 g/mol. The Morgan fingerprint density at radius 1 is 0.974 bits per heavy atom. The molecule has 2 heterocycles. The molecule has 1 amide bonds. The summed E-state index contributed by atoms with van der Waals surface area (Å²) >= 11 is 4.82. The van der Waals surface area contributed by atoms with Crippen LogP contribution in [-0.4, -0.2) is 15.6 Å². The van der Waals surface area contributed by atoms with Crippen molar-refractivity contribution in [3.05, 3.63) is 116 Å². The van der Waals surface area contributed by atoms with Gasteiger partial charge in [0, 0.05) is 21.5 Å². The number of aromatic nitrogens is 1. The molecule has 0 radical (unpaired) electrons. The Labute approximate surface area is 235 Å². The summed E-state index contributed by atoms with van der Waals surface area (Å²) in [6.07, 6.45) is 2.93. The van der Waals surface area contributed by atoms with Gasteiger partial charge in [0.15, 0.2) is 5.17 Å². The number of nitrogens with zero attached hydrogens (tertiary/aromatic N) is 2. The number of hydrogen-bond donors (Lipinski definition) is 1. The van der Waals surface area contributed by atoms with E-state index < -0.39 is 0 Å². The second-order valence-corrected chi connectivity index (χ2v) is 11.0. The molecule has 1 aromatic heterocycles. The van der Waals surface area contributed by atoms with Gasteiger partial charge in [0.2, 0.25) is 0 Å². The van der Waals surface area contributed by atoms with Crippen LogP contribution in [-0.2, 0) is 17.8 Å². The molecule has 0 aliphatic carbocycles. The summed E-state index contributed by atoms with van der Waals surface area (Å²) in [5.74, 6) is 0.688. The third-order valence-corrected chi connectivity index (χ3v) is 7.84. The molecule has 4 aromatic rings. The number of nitrogens with one attached hydrogen (secondary N) is 1. The first-order valence-corrected chi connectivity index (χ1v) is 14.1. The van der Waals surface area contributed by atoms with Crippen molar-refractivity contribution in [2.45, 2.75) is 33.8 Å². The zero-order valence-corrected chi connectivity index (χ0v) is 23.9. The van der Waals surface area contributed by atoms with Crippen LogP contribution >= 0.6 is 27.7 Å². The quantitative estimate of drug-likeness (QED) is 0.224. The summed E-state index contributed by atoms with van der Waals surface area (Å²) in [6.45, 7) is 6.78. The van der Waals surface area contributed by atoms with Crippen LogP contribution in [0.4, 0.5) is 5.69 Å². The molecule has 5 rings (SSSR count). The standard InChI is InChI=1S/C31H28BrN3O2S/c1-4-22-7-11-26(12-8-22)33-31-34-30(36)29(38-31)18-24-17-20(2)35(21(24)3)27-13-15-28(16-14-27)37-19-23-5-9-25(32)10-6-23/h5-18H,4,19H2,1-3H3,(H,33,34,36)/b29-18-. The van der Waals surface area contributed by atoms with Gasteiger partial charge >= 0.3 is 0 Å². The van der Waals surface area contributed by atoms with Gasteiger partial charge in [0.25, 0.3) is 5.91 Å². The molecule has 5 nitrogen and oxygen atoms in total. The number of halogens is 1. The van der Waals surface area contributed by atoms with E-state index in [2.05, 4.69) is 81.9 Å². The topological polar surface area (TPSA) is 55.6 Å². The van der Waals surface area contributed by atoms with Crippen molar-refractivity contribution in [2.75, 3.05) is 0 Å². The second kappa shape index (κ2) is 11.5. The fraction of sp³-hybridized carbons (Fsp3) is 0.161. The second-order valence-electron chi connectivity index (χ2n) is 9.07. The SMILES string of the molecule is CCc1ccc(N=C2NC(=O)/C(=C/c3cc(C)n(-c4ccc(OCc5ccc(Br)cc5)cc4)c3C)S2)cc1. The Morgan fingerprint density at radius 3 is 2.34 bits per heavy atom. The van der Waals surface area contributed by atoms with Crippen LogP contribution in [0.1, 0.15) is 35.0 Å². The van der Waals surface area contributed by atoms with Gasteiger partial charge in [-0.05, 0) is 109 Å². The average molecular weight is 587 g/mol. The van der Waals surface area contributed by atoms with Crippen molar-refractivity contribution >= 4 is 50.5 Å². The number of amides is 1. The Bertz CT molecular complexity index is 1520. The molecule has 0 unspecified atom stereocenters. The molecule has 1 aliphatic rings. The molecule has 3 aromatic carbocycles. The molecule has 38 heavy (non-hydrogen) atoms. The summed E-state index contributed by atoms with van der Waals surface area (Å²) in [4.78, 5) is 17.9. The molecular weight excluding hydrogens is 558 g/mol. The molecule has 0 atom stereocenters. The molecule has 1 aliphatic heterocycles. The van der Waals surface area contributed by atoms with Crippen LogP contribution in [0.15, 0.2) is 93.2 Å². The summed E-state index contributed by atoms with van der Waals surface area (Å²) in [5.41, 5.74) is 7.40. The first-order chi connectivity index (χ1) is 18.4. The van der Waals surface area contributed by atoms with Crippen molar-refractivity contribution in [3.63, 3.8) is 0 Å². The first kappa shape index (κ1) is 26.1. The molecule has 0 spiro atoms. The smallest absolute Gasteiger partial charge is 0.264 e. The van der Waals surface area contributed by atoms with E-state index in [1.54, 1.807) is 0 Å². The third kappa shape index (κ3) is 5.95. The van der Waals surface area contributed by atoms with E-state index in [0.717, 1.165) is 50.5 Å². The van der Waals surface area contributed by atoms with E-state index in [-0.39, 0.29) is 5.91 Å². The van der Waals surface area contributed by atoms with E-state index in [0.29, 0.717) is 16.7 Å². The van der Waals surface area contributed by atoms with Crippen LogP contribution in [0.3, 0.4) is 0 Å². The Hall–Kier alpha value is -3.55. The predicted octanol–water partition coefficient (Wildman–Crippen LogP) is 7.89. The summed E-state index contributed by atoms with van der Waals surface area (Å²) in [6, 6.07) is 26.4. The van der Waals surface area contributed by atoms with Gasteiger partial charge in [0.05, 0.1) is 10.6 Å². The number of ether oxygens (including phenoxy) is 1. The lowest BCUT2D eigenvalue weighted by Crippen LogP contribution is -2.19. The van der Waals surface area contributed by atoms with E-state index in [4.69, 9.17) is 4.74 Å². The van der Waals surface area contributed by atoms with Gasteiger partial charge < -0.3 is 14.6 Å². The molecule has 1 saturated heterocycles. The third-order valence-electron chi connectivity index (χ3n) is 6.40. The fourth-order valence-electron chi connectivity index (χ4n) is 4.31. The van der Waals surface area contributed by atoms with Crippen molar-refractivity contribution < 1.29 is 9.53 Å². The van der Waals surface area contributed by atoms with Gasteiger partial charge in [0.1, 0.15) is 12.4 Å². The normalized spacial score (nSPS) is 15.3. The minimum atomic E-state index is -0.129. The lowest BCUT2D eigenvalue weighted by Gasteiger charge is -2.11. The van der Waals surface area contributed by atoms with Crippen molar-refractivity contribution in [1.82, 2.24) is 9.88 Å². The highest BCUT2D eigenvalue weighted by Crippen LogP contribution is 2.31.